The monoisotopic (exact) mass is 221 g/mol. The van der Waals surface area contributed by atoms with Gasteiger partial charge in [0.2, 0.25) is 11.8 Å². The number of pyridine rings is 1. The molecule has 0 bridgehead atoms. The molecule has 0 aromatic carbocycles. The molecule has 16 heavy (non-hydrogen) atoms. The number of amides is 2. The Morgan fingerprint density at radius 1 is 1.44 bits per heavy atom. The summed E-state index contributed by atoms with van der Waals surface area (Å²) in [7, 11) is 0. The van der Waals surface area contributed by atoms with Crippen LogP contribution in [0.15, 0.2) is 24.4 Å². The third-order valence-corrected chi connectivity index (χ3v) is 1.98. The zero-order valence-corrected chi connectivity index (χ0v) is 9.36. The van der Waals surface area contributed by atoms with Gasteiger partial charge >= 0.3 is 0 Å². The standard InChI is InChI=1S/C11H15N3O2/c1-8(14-9(2)15)11(16)13-7-10-5-3-4-6-12-10/h3-6,8H,7H2,1-2H3,(H,13,16)(H,14,15)/t8-/m1/s1. The van der Waals surface area contributed by atoms with Gasteiger partial charge in [0.15, 0.2) is 0 Å². The highest BCUT2D eigenvalue weighted by molar-refractivity contribution is 5.86. The van der Waals surface area contributed by atoms with Gasteiger partial charge in [0.05, 0.1) is 12.2 Å². The van der Waals surface area contributed by atoms with Crippen LogP contribution in [0, 0.1) is 0 Å². The highest BCUT2D eigenvalue weighted by Crippen LogP contribution is 1.92. The number of nitrogens with one attached hydrogen (secondary N) is 2. The number of carbonyl (C=O) groups excluding carboxylic acids is 2. The van der Waals surface area contributed by atoms with E-state index in [1.165, 1.54) is 6.92 Å². The Kier molecular flexibility index (Phi) is 4.44. The summed E-state index contributed by atoms with van der Waals surface area (Å²) >= 11 is 0. The third kappa shape index (κ3) is 4.08. The smallest absolute Gasteiger partial charge is 0.242 e. The van der Waals surface area contributed by atoms with E-state index in [0.717, 1.165) is 5.69 Å². The molecule has 0 aliphatic rings. The van der Waals surface area contributed by atoms with Gasteiger partial charge in [-0.1, -0.05) is 6.07 Å². The number of carbonyl (C=O) groups is 2. The lowest BCUT2D eigenvalue weighted by Gasteiger charge is -2.12. The van der Waals surface area contributed by atoms with Crippen molar-refractivity contribution in [1.29, 1.82) is 0 Å². The summed E-state index contributed by atoms with van der Waals surface area (Å²) in [5, 5.41) is 5.20. The van der Waals surface area contributed by atoms with Crippen molar-refractivity contribution in [2.75, 3.05) is 0 Å². The molecule has 1 atom stereocenters. The summed E-state index contributed by atoms with van der Waals surface area (Å²) in [4.78, 5) is 26.3. The van der Waals surface area contributed by atoms with Crippen molar-refractivity contribution in [2.45, 2.75) is 26.4 Å². The molecule has 0 saturated heterocycles. The van der Waals surface area contributed by atoms with Gasteiger partial charge in [-0.2, -0.15) is 0 Å². The summed E-state index contributed by atoms with van der Waals surface area (Å²) in [6.45, 7) is 3.38. The minimum atomic E-state index is -0.527. The fourth-order valence-electron chi connectivity index (χ4n) is 1.20. The molecule has 0 fully saturated rings. The van der Waals surface area contributed by atoms with Gasteiger partial charge in [-0.15, -0.1) is 0 Å². The maximum absolute atomic E-state index is 11.5. The van der Waals surface area contributed by atoms with Crippen molar-refractivity contribution in [3.63, 3.8) is 0 Å². The Morgan fingerprint density at radius 3 is 2.75 bits per heavy atom. The SMILES string of the molecule is CC(=O)N[C@H](C)C(=O)NCc1ccccn1. The average Bonchev–Trinajstić information content (AvgIpc) is 2.26. The van der Waals surface area contributed by atoms with Crippen molar-refractivity contribution in [3.8, 4) is 0 Å². The Labute approximate surface area is 94.3 Å². The van der Waals surface area contributed by atoms with E-state index in [0.29, 0.717) is 6.54 Å². The number of rotatable bonds is 4. The Bertz CT molecular complexity index is 365. The lowest BCUT2D eigenvalue weighted by molar-refractivity contribution is -0.127. The zero-order chi connectivity index (χ0) is 12.0. The lowest BCUT2D eigenvalue weighted by atomic mass is 10.3. The molecule has 1 heterocycles. The van der Waals surface area contributed by atoms with Crippen LogP contribution in [0.3, 0.4) is 0 Å². The molecule has 5 heteroatoms. The van der Waals surface area contributed by atoms with E-state index in [1.54, 1.807) is 13.1 Å². The molecule has 0 radical (unpaired) electrons. The first-order chi connectivity index (χ1) is 7.59. The van der Waals surface area contributed by atoms with Crippen molar-refractivity contribution in [3.05, 3.63) is 30.1 Å². The topological polar surface area (TPSA) is 71.1 Å². The molecule has 1 rings (SSSR count). The molecule has 0 saturated carbocycles. The average molecular weight is 221 g/mol. The summed E-state index contributed by atoms with van der Waals surface area (Å²) in [5.74, 6) is -0.443. The van der Waals surface area contributed by atoms with Crippen LogP contribution < -0.4 is 10.6 Å². The number of nitrogens with zero attached hydrogens (tertiary/aromatic N) is 1. The molecule has 86 valence electrons. The van der Waals surface area contributed by atoms with Crippen LogP contribution in [0.4, 0.5) is 0 Å². The maximum atomic E-state index is 11.5. The van der Waals surface area contributed by atoms with Crippen molar-refractivity contribution < 1.29 is 9.59 Å². The molecule has 0 aliphatic carbocycles. The second-order valence-electron chi connectivity index (χ2n) is 3.46. The van der Waals surface area contributed by atoms with E-state index in [4.69, 9.17) is 0 Å². The molecule has 2 N–H and O–H groups in total. The van der Waals surface area contributed by atoms with E-state index in [9.17, 15) is 9.59 Å². The maximum Gasteiger partial charge on any atom is 0.242 e. The second kappa shape index (κ2) is 5.85. The Balaban J connectivity index is 2.38. The van der Waals surface area contributed by atoms with Gasteiger partial charge in [-0.25, -0.2) is 0 Å². The molecule has 0 unspecified atom stereocenters. The van der Waals surface area contributed by atoms with Crippen LogP contribution in [-0.4, -0.2) is 22.8 Å². The van der Waals surface area contributed by atoms with E-state index in [2.05, 4.69) is 15.6 Å². The molecular formula is C11H15N3O2. The van der Waals surface area contributed by atoms with Gasteiger partial charge < -0.3 is 10.6 Å². The van der Waals surface area contributed by atoms with Crippen LogP contribution in [0.2, 0.25) is 0 Å². The Morgan fingerprint density at radius 2 is 2.19 bits per heavy atom. The van der Waals surface area contributed by atoms with Crippen LogP contribution in [0.5, 0.6) is 0 Å². The fourth-order valence-corrected chi connectivity index (χ4v) is 1.20. The molecule has 0 aliphatic heterocycles. The van der Waals surface area contributed by atoms with Crippen LogP contribution in [0.25, 0.3) is 0 Å². The van der Waals surface area contributed by atoms with Gasteiger partial charge in [-0.3, -0.25) is 14.6 Å². The highest BCUT2D eigenvalue weighted by atomic mass is 16.2. The minimum Gasteiger partial charge on any atom is -0.349 e. The van der Waals surface area contributed by atoms with Crippen LogP contribution in [-0.2, 0) is 16.1 Å². The predicted molar refractivity (Wildman–Crippen MR) is 59.4 cm³/mol. The van der Waals surface area contributed by atoms with Gasteiger partial charge in [-0.05, 0) is 19.1 Å². The highest BCUT2D eigenvalue weighted by Gasteiger charge is 2.12. The van der Waals surface area contributed by atoms with E-state index in [1.807, 2.05) is 18.2 Å². The molecule has 1 aromatic heterocycles. The predicted octanol–water partition coefficient (Wildman–Crippen LogP) is 0.222. The number of hydrogen-bond acceptors (Lipinski definition) is 3. The quantitative estimate of drug-likeness (QED) is 0.764. The van der Waals surface area contributed by atoms with Crippen molar-refractivity contribution >= 4 is 11.8 Å². The summed E-state index contributed by atoms with van der Waals surface area (Å²) in [6.07, 6.45) is 1.67. The van der Waals surface area contributed by atoms with Crippen molar-refractivity contribution in [2.24, 2.45) is 0 Å². The van der Waals surface area contributed by atoms with Crippen LogP contribution in [0.1, 0.15) is 19.5 Å². The van der Waals surface area contributed by atoms with Gasteiger partial charge in [0.25, 0.3) is 0 Å². The first-order valence-corrected chi connectivity index (χ1v) is 5.04. The number of aromatic nitrogens is 1. The third-order valence-electron chi connectivity index (χ3n) is 1.98. The normalized spacial score (nSPS) is 11.6. The van der Waals surface area contributed by atoms with Gasteiger partial charge in [0, 0.05) is 13.1 Å². The molecule has 0 spiro atoms. The molecule has 1 aromatic rings. The van der Waals surface area contributed by atoms with Crippen molar-refractivity contribution in [1.82, 2.24) is 15.6 Å². The molecule has 2 amide bonds. The Hall–Kier alpha value is -1.91. The number of hydrogen-bond donors (Lipinski definition) is 2. The van der Waals surface area contributed by atoms with E-state index < -0.39 is 6.04 Å². The van der Waals surface area contributed by atoms with Crippen LogP contribution >= 0.6 is 0 Å². The molecule has 5 nitrogen and oxygen atoms in total. The van der Waals surface area contributed by atoms with E-state index in [-0.39, 0.29) is 11.8 Å². The van der Waals surface area contributed by atoms with Gasteiger partial charge in [0.1, 0.15) is 6.04 Å². The lowest BCUT2D eigenvalue weighted by Crippen LogP contribution is -2.43. The summed E-state index contributed by atoms with van der Waals surface area (Å²) < 4.78 is 0. The van der Waals surface area contributed by atoms with E-state index >= 15 is 0 Å². The minimum absolute atomic E-state index is 0.221. The summed E-state index contributed by atoms with van der Waals surface area (Å²) in [6, 6.07) is 4.96. The fraction of sp³-hybridized carbons (Fsp3) is 0.364. The first-order valence-electron chi connectivity index (χ1n) is 5.04. The first kappa shape index (κ1) is 12.2. The molecular weight excluding hydrogens is 206 g/mol. The zero-order valence-electron chi connectivity index (χ0n) is 9.36. The largest absolute Gasteiger partial charge is 0.349 e. The summed E-state index contributed by atoms with van der Waals surface area (Å²) in [5.41, 5.74) is 0.783. The second-order valence-corrected chi connectivity index (χ2v) is 3.46.